The van der Waals surface area contributed by atoms with E-state index in [1.165, 1.54) is 51.4 Å². The predicted octanol–water partition coefficient (Wildman–Crippen LogP) is 10.1. The van der Waals surface area contributed by atoms with Gasteiger partial charge in [0, 0.05) is 19.3 Å². The van der Waals surface area contributed by atoms with E-state index < -0.39 is 18.1 Å². The number of carboxylic acids is 1. The zero-order valence-electron chi connectivity index (χ0n) is 32.6. The van der Waals surface area contributed by atoms with E-state index in [2.05, 4.69) is 32.1 Å². The van der Waals surface area contributed by atoms with Gasteiger partial charge in [-0.2, -0.15) is 0 Å². The summed E-state index contributed by atoms with van der Waals surface area (Å²) in [4.78, 5) is 36.8. The number of carbonyl (C=O) groups excluding carboxylic acids is 2. The molecule has 0 aromatic rings. The minimum absolute atomic E-state index is 0.0536. The monoisotopic (exact) mass is 705 g/mol. The van der Waals surface area contributed by atoms with Crippen molar-refractivity contribution in [2.24, 2.45) is 0 Å². The molecule has 0 aromatic heterocycles. The Labute approximate surface area is 306 Å². The minimum atomic E-state index is -0.880. The molecule has 50 heavy (non-hydrogen) atoms. The van der Waals surface area contributed by atoms with Crippen molar-refractivity contribution in [1.29, 1.82) is 0 Å². The van der Waals surface area contributed by atoms with Crippen LogP contribution in [0.3, 0.4) is 0 Å². The number of allylic oxidation sites excluding steroid dienone is 8. The molecule has 0 saturated carbocycles. The molecule has 2 atom stereocenters. The third kappa shape index (κ3) is 31.3. The summed E-state index contributed by atoms with van der Waals surface area (Å²) in [5, 5.41) is 9.58. The molecule has 8 nitrogen and oxygen atoms in total. The Hall–Kier alpha value is -2.71. The smallest absolute Gasteiger partial charge is 0.362 e. The predicted molar refractivity (Wildman–Crippen MR) is 206 cm³/mol. The Morgan fingerprint density at radius 1 is 0.620 bits per heavy atom. The first-order valence-corrected chi connectivity index (χ1v) is 19.7. The van der Waals surface area contributed by atoms with Crippen LogP contribution in [0, 0.1) is 0 Å². The molecular weight excluding hydrogens is 630 g/mol. The van der Waals surface area contributed by atoms with Crippen LogP contribution in [0.5, 0.6) is 0 Å². The number of quaternary nitrogens is 1. The number of carbonyl (C=O) groups is 3. The second kappa shape index (κ2) is 33.4. The zero-order valence-corrected chi connectivity index (χ0v) is 32.6. The zero-order chi connectivity index (χ0) is 37.1. The van der Waals surface area contributed by atoms with Crippen molar-refractivity contribution in [2.75, 3.05) is 41.0 Å². The van der Waals surface area contributed by atoms with Gasteiger partial charge < -0.3 is 23.8 Å². The van der Waals surface area contributed by atoms with E-state index in [4.69, 9.17) is 14.2 Å². The molecule has 2 unspecified atom stereocenters. The van der Waals surface area contributed by atoms with Gasteiger partial charge in [-0.05, 0) is 32.1 Å². The number of ether oxygens (including phenoxy) is 3. The second-order valence-electron chi connectivity index (χ2n) is 14.3. The van der Waals surface area contributed by atoms with Crippen LogP contribution in [0.25, 0.3) is 0 Å². The molecule has 288 valence electrons. The Morgan fingerprint density at radius 2 is 1.12 bits per heavy atom. The van der Waals surface area contributed by atoms with Crippen LogP contribution in [0.4, 0.5) is 0 Å². The van der Waals surface area contributed by atoms with Gasteiger partial charge in [-0.25, -0.2) is 4.79 Å². The molecule has 0 radical (unpaired) electrons. The Bertz CT molecular complexity index is 964. The van der Waals surface area contributed by atoms with E-state index in [0.717, 1.165) is 64.2 Å². The van der Waals surface area contributed by atoms with Crippen molar-refractivity contribution in [2.45, 2.75) is 161 Å². The maximum Gasteiger partial charge on any atom is 0.362 e. The van der Waals surface area contributed by atoms with Crippen LogP contribution in [-0.4, -0.2) is 80.6 Å². The number of nitrogens with zero attached hydrogens (tertiary/aromatic N) is 1. The fourth-order valence-corrected chi connectivity index (χ4v) is 5.51. The topological polar surface area (TPSA) is 99.1 Å². The molecule has 0 bridgehead atoms. The molecule has 0 aliphatic carbocycles. The number of hydrogen-bond acceptors (Lipinski definition) is 6. The van der Waals surface area contributed by atoms with Crippen LogP contribution in [0.15, 0.2) is 48.6 Å². The van der Waals surface area contributed by atoms with Crippen molar-refractivity contribution < 1.29 is 38.2 Å². The number of carboxylic acid groups (broad SMARTS) is 1. The van der Waals surface area contributed by atoms with E-state index in [-0.39, 0.29) is 36.2 Å². The quantitative estimate of drug-likeness (QED) is 0.0308. The fraction of sp³-hybridized carbons (Fsp3) is 0.738. The standard InChI is InChI=1S/C42H73NO7/c1-6-8-10-12-14-16-18-19-20-21-23-24-26-28-30-32-40(44)49-37-38(36-48-35-34-39(42(46)47)43(3,4)5)50-41(45)33-31-29-27-25-22-17-15-13-11-9-7-2/h8,10,12,14,16,18-20,38-39H,6-7,9,11,13,15,17,21-37H2,1-5H3/p+1/b10-8+,14-12+,18-16+,20-19+. The van der Waals surface area contributed by atoms with E-state index in [1.807, 2.05) is 51.5 Å². The molecule has 0 amide bonds. The van der Waals surface area contributed by atoms with Gasteiger partial charge in [0.15, 0.2) is 12.1 Å². The lowest BCUT2D eigenvalue weighted by molar-refractivity contribution is -0.887. The maximum atomic E-state index is 12.6. The number of unbranched alkanes of at least 4 members (excludes halogenated alkanes) is 15. The largest absolute Gasteiger partial charge is 0.477 e. The van der Waals surface area contributed by atoms with Crippen molar-refractivity contribution in [3.63, 3.8) is 0 Å². The lowest BCUT2D eigenvalue weighted by Gasteiger charge is -2.31. The summed E-state index contributed by atoms with van der Waals surface area (Å²) in [6, 6.07) is -0.617. The first-order valence-electron chi connectivity index (χ1n) is 19.7. The molecular formula is C42H74NO7+. The van der Waals surface area contributed by atoms with Crippen molar-refractivity contribution in [1.82, 2.24) is 0 Å². The SMILES string of the molecule is CC/C=C/C=C/C=C/C=C/CCCCCCCC(=O)OCC(COCCC(C(=O)O)[N+](C)(C)C)OC(=O)CCCCCCCCCCCCC. The second-order valence-corrected chi connectivity index (χ2v) is 14.3. The Morgan fingerprint density at radius 3 is 1.66 bits per heavy atom. The summed E-state index contributed by atoms with van der Waals surface area (Å²) in [6.07, 6.45) is 37.2. The van der Waals surface area contributed by atoms with Gasteiger partial charge in [-0.3, -0.25) is 9.59 Å². The summed E-state index contributed by atoms with van der Waals surface area (Å²) < 4.78 is 17.2. The fourth-order valence-electron chi connectivity index (χ4n) is 5.51. The lowest BCUT2D eigenvalue weighted by atomic mass is 10.1. The minimum Gasteiger partial charge on any atom is -0.477 e. The third-order valence-corrected chi connectivity index (χ3v) is 8.59. The van der Waals surface area contributed by atoms with Crippen LogP contribution in [0.1, 0.15) is 149 Å². The van der Waals surface area contributed by atoms with Crippen molar-refractivity contribution in [3.05, 3.63) is 48.6 Å². The molecule has 1 N–H and O–H groups in total. The number of esters is 2. The average molecular weight is 705 g/mol. The van der Waals surface area contributed by atoms with Gasteiger partial charge >= 0.3 is 17.9 Å². The average Bonchev–Trinajstić information content (AvgIpc) is 3.06. The molecule has 8 heteroatoms. The first-order chi connectivity index (χ1) is 24.1. The number of rotatable bonds is 34. The highest BCUT2D eigenvalue weighted by Crippen LogP contribution is 2.14. The van der Waals surface area contributed by atoms with E-state index in [9.17, 15) is 19.5 Å². The maximum absolute atomic E-state index is 12.6. The highest BCUT2D eigenvalue weighted by molar-refractivity contribution is 5.72. The first kappa shape index (κ1) is 47.3. The molecule has 0 heterocycles. The van der Waals surface area contributed by atoms with Gasteiger partial charge in [0.05, 0.1) is 34.4 Å². The number of hydrogen-bond donors (Lipinski definition) is 1. The Kier molecular flexibility index (Phi) is 31.6. The molecule has 0 spiro atoms. The molecule has 0 saturated heterocycles. The molecule has 0 aliphatic heterocycles. The molecule has 0 fully saturated rings. The van der Waals surface area contributed by atoms with Crippen LogP contribution in [0.2, 0.25) is 0 Å². The molecule has 0 aromatic carbocycles. The van der Waals surface area contributed by atoms with E-state index in [0.29, 0.717) is 19.3 Å². The summed E-state index contributed by atoms with van der Waals surface area (Å²) in [7, 11) is 5.51. The van der Waals surface area contributed by atoms with Gasteiger partial charge in [0.2, 0.25) is 0 Å². The summed E-state index contributed by atoms with van der Waals surface area (Å²) >= 11 is 0. The van der Waals surface area contributed by atoms with E-state index >= 15 is 0 Å². The van der Waals surface area contributed by atoms with Crippen molar-refractivity contribution >= 4 is 17.9 Å². The molecule has 0 rings (SSSR count). The van der Waals surface area contributed by atoms with Crippen LogP contribution < -0.4 is 0 Å². The van der Waals surface area contributed by atoms with Crippen molar-refractivity contribution in [3.8, 4) is 0 Å². The highest BCUT2D eigenvalue weighted by atomic mass is 16.6. The van der Waals surface area contributed by atoms with E-state index in [1.54, 1.807) is 0 Å². The number of likely N-dealkylation sites (N-methyl/N-ethyl adjacent to an activating group) is 1. The van der Waals surface area contributed by atoms with Gasteiger partial charge in [0.25, 0.3) is 0 Å². The Balaban J connectivity index is 4.44. The lowest BCUT2D eigenvalue weighted by Crippen LogP contribution is -2.50. The van der Waals surface area contributed by atoms with Gasteiger partial charge in [-0.15, -0.1) is 0 Å². The summed E-state index contributed by atoms with van der Waals surface area (Å²) in [5.41, 5.74) is 0. The summed E-state index contributed by atoms with van der Waals surface area (Å²) in [5.74, 6) is -1.50. The van der Waals surface area contributed by atoms with Gasteiger partial charge in [-0.1, -0.05) is 146 Å². The normalized spacial score (nSPS) is 13.5. The molecule has 0 aliphatic rings. The van der Waals surface area contributed by atoms with Crippen LogP contribution in [-0.2, 0) is 28.6 Å². The highest BCUT2D eigenvalue weighted by Gasteiger charge is 2.31. The number of aliphatic carboxylic acids is 1. The van der Waals surface area contributed by atoms with Gasteiger partial charge in [0.1, 0.15) is 6.61 Å². The van der Waals surface area contributed by atoms with Crippen LogP contribution >= 0.6 is 0 Å². The summed E-state index contributed by atoms with van der Waals surface area (Å²) in [6.45, 7) is 4.55. The third-order valence-electron chi connectivity index (χ3n) is 8.59.